The molecular weight excluding hydrogens is 405 g/mol. The number of hydrogen-bond donors (Lipinski definition) is 1. The normalized spacial score (nSPS) is 12.4. The number of benzene rings is 2. The third-order valence-electron chi connectivity index (χ3n) is 4.95. The van der Waals surface area contributed by atoms with Crippen molar-refractivity contribution in [1.82, 2.24) is 10.3 Å². The number of amides is 1. The van der Waals surface area contributed by atoms with E-state index in [1.54, 1.807) is 0 Å². The zero-order valence-corrected chi connectivity index (χ0v) is 16.2. The average Bonchev–Trinajstić information content (AvgIpc) is 3.09. The standard InChI is InChI=1S/C24H17F3N2O2/c25-24(26,27)22-12-11-16(14-29-22)6-5-13-28-23(30)31-15-21-19-9-3-1-7-17(19)18-8-2-4-10-20(18)21/h1-4,7-12,14,21H,13,15H2,(H,28,30). The van der Waals surface area contributed by atoms with Gasteiger partial charge in [0, 0.05) is 17.7 Å². The number of fused-ring (bicyclic) bond motifs is 3. The summed E-state index contributed by atoms with van der Waals surface area (Å²) in [5.74, 6) is 5.28. The fourth-order valence-corrected chi connectivity index (χ4v) is 3.55. The minimum absolute atomic E-state index is 0.00229. The van der Waals surface area contributed by atoms with E-state index in [1.165, 1.54) is 6.07 Å². The van der Waals surface area contributed by atoms with Crippen LogP contribution in [0.15, 0.2) is 66.9 Å². The largest absolute Gasteiger partial charge is 0.449 e. The second-order valence-electron chi connectivity index (χ2n) is 6.91. The van der Waals surface area contributed by atoms with Gasteiger partial charge >= 0.3 is 12.3 Å². The van der Waals surface area contributed by atoms with Crippen LogP contribution in [-0.4, -0.2) is 24.2 Å². The van der Waals surface area contributed by atoms with Crippen LogP contribution in [-0.2, 0) is 10.9 Å². The van der Waals surface area contributed by atoms with Gasteiger partial charge in [0.25, 0.3) is 0 Å². The number of alkyl halides is 3. The Balaban J connectivity index is 1.31. The second kappa shape index (κ2) is 8.52. The molecule has 31 heavy (non-hydrogen) atoms. The Morgan fingerprint density at radius 1 is 1.00 bits per heavy atom. The van der Waals surface area contributed by atoms with E-state index in [4.69, 9.17) is 4.74 Å². The van der Waals surface area contributed by atoms with Gasteiger partial charge in [-0.05, 0) is 34.4 Å². The van der Waals surface area contributed by atoms with Crippen molar-refractivity contribution in [1.29, 1.82) is 0 Å². The lowest BCUT2D eigenvalue weighted by molar-refractivity contribution is -0.141. The topological polar surface area (TPSA) is 51.2 Å². The molecule has 0 saturated heterocycles. The van der Waals surface area contributed by atoms with Crippen molar-refractivity contribution < 1.29 is 22.7 Å². The Kier molecular flexibility index (Phi) is 5.63. The Hall–Kier alpha value is -3.79. The molecule has 7 heteroatoms. The van der Waals surface area contributed by atoms with Gasteiger partial charge in [0.15, 0.2) is 0 Å². The lowest BCUT2D eigenvalue weighted by Gasteiger charge is -2.14. The maximum atomic E-state index is 12.5. The minimum atomic E-state index is -4.49. The lowest BCUT2D eigenvalue weighted by Crippen LogP contribution is -2.26. The van der Waals surface area contributed by atoms with E-state index in [-0.39, 0.29) is 19.1 Å². The number of halogens is 3. The fraction of sp³-hybridized carbons (Fsp3) is 0.167. The maximum absolute atomic E-state index is 12.5. The Labute approximate surface area is 177 Å². The molecule has 0 aliphatic heterocycles. The number of ether oxygens (including phenoxy) is 1. The highest BCUT2D eigenvalue weighted by molar-refractivity contribution is 5.79. The van der Waals surface area contributed by atoms with Gasteiger partial charge in [-0.3, -0.25) is 4.98 Å². The van der Waals surface area contributed by atoms with Gasteiger partial charge in [-0.25, -0.2) is 4.79 Å². The van der Waals surface area contributed by atoms with Crippen LogP contribution in [0, 0.1) is 11.8 Å². The van der Waals surface area contributed by atoms with Crippen molar-refractivity contribution in [2.75, 3.05) is 13.2 Å². The van der Waals surface area contributed by atoms with E-state index >= 15 is 0 Å². The van der Waals surface area contributed by atoms with Crippen LogP contribution in [0.4, 0.5) is 18.0 Å². The van der Waals surface area contributed by atoms with Gasteiger partial charge < -0.3 is 10.1 Å². The zero-order chi connectivity index (χ0) is 21.8. The lowest BCUT2D eigenvalue weighted by atomic mass is 9.98. The van der Waals surface area contributed by atoms with Crippen LogP contribution < -0.4 is 5.32 Å². The number of nitrogens with one attached hydrogen (secondary N) is 1. The van der Waals surface area contributed by atoms with Gasteiger partial charge in [0.2, 0.25) is 0 Å². The third kappa shape index (κ3) is 4.53. The van der Waals surface area contributed by atoms with Crippen LogP contribution in [0.1, 0.15) is 28.3 Å². The zero-order valence-electron chi connectivity index (χ0n) is 16.2. The highest BCUT2D eigenvalue weighted by Crippen LogP contribution is 2.44. The molecule has 1 aliphatic rings. The fourth-order valence-electron chi connectivity index (χ4n) is 3.55. The summed E-state index contributed by atoms with van der Waals surface area (Å²) in [6.07, 6.45) is -4.05. The van der Waals surface area contributed by atoms with E-state index in [1.807, 2.05) is 36.4 Å². The summed E-state index contributed by atoms with van der Waals surface area (Å²) in [5.41, 5.74) is 3.86. The molecule has 0 bridgehead atoms. The number of hydrogen-bond acceptors (Lipinski definition) is 3. The van der Waals surface area contributed by atoms with Gasteiger partial charge in [0.05, 0.1) is 6.54 Å². The summed E-state index contributed by atoms with van der Waals surface area (Å²) in [5, 5.41) is 2.53. The van der Waals surface area contributed by atoms with Crippen LogP contribution in [0.5, 0.6) is 0 Å². The predicted molar refractivity (Wildman–Crippen MR) is 109 cm³/mol. The van der Waals surface area contributed by atoms with Crippen molar-refractivity contribution in [3.63, 3.8) is 0 Å². The molecule has 4 rings (SSSR count). The SMILES string of the molecule is O=C(NCC#Cc1ccc(C(F)(F)F)nc1)OCC1c2ccccc2-c2ccccc21. The van der Waals surface area contributed by atoms with E-state index in [0.29, 0.717) is 5.56 Å². The molecule has 1 N–H and O–H groups in total. The highest BCUT2D eigenvalue weighted by atomic mass is 19.4. The number of aromatic nitrogens is 1. The van der Waals surface area contributed by atoms with Crippen LogP contribution in [0.25, 0.3) is 11.1 Å². The molecule has 1 aromatic heterocycles. The smallest absolute Gasteiger partial charge is 0.433 e. The molecule has 1 heterocycles. The van der Waals surface area contributed by atoms with Crippen molar-refractivity contribution in [2.24, 2.45) is 0 Å². The molecular formula is C24H17F3N2O2. The summed E-state index contributed by atoms with van der Waals surface area (Å²) in [6.45, 7) is 0.188. The second-order valence-corrected chi connectivity index (χ2v) is 6.91. The van der Waals surface area contributed by atoms with E-state index in [2.05, 4.69) is 34.3 Å². The molecule has 4 nitrogen and oxygen atoms in total. The van der Waals surface area contributed by atoms with Crippen molar-refractivity contribution >= 4 is 6.09 Å². The summed E-state index contributed by atoms with van der Waals surface area (Å²) in [6, 6.07) is 18.2. The molecule has 0 saturated carbocycles. The van der Waals surface area contributed by atoms with Gasteiger partial charge in [-0.1, -0.05) is 60.4 Å². The van der Waals surface area contributed by atoms with Crippen molar-refractivity contribution in [3.05, 3.63) is 89.2 Å². The monoisotopic (exact) mass is 422 g/mol. The van der Waals surface area contributed by atoms with E-state index in [9.17, 15) is 18.0 Å². The van der Waals surface area contributed by atoms with Gasteiger partial charge in [0.1, 0.15) is 12.3 Å². The summed E-state index contributed by atoms with van der Waals surface area (Å²) < 4.78 is 42.9. The van der Waals surface area contributed by atoms with Crippen molar-refractivity contribution in [3.8, 4) is 23.0 Å². The molecule has 0 unspecified atom stereocenters. The Bertz CT molecular complexity index is 1120. The molecule has 0 fully saturated rings. The number of carbonyl (C=O) groups is 1. The number of rotatable bonds is 3. The van der Waals surface area contributed by atoms with Gasteiger partial charge in [-0.15, -0.1) is 0 Å². The van der Waals surface area contributed by atoms with Crippen LogP contribution >= 0.6 is 0 Å². The average molecular weight is 422 g/mol. The first-order valence-corrected chi connectivity index (χ1v) is 9.54. The summed E-state index contributed by atoms with van der Waals surface area (Å²) >= 11 is 0. The molecule has 0 radical (unpaired) electrons. The van der Waals surface area contributed by atoms with Crippen molar-refractivity contribution in [2.45, 2.75) is 12.1 Å². The van der Waals surface area contributed by atoms with E-state index in [0.717, 1.165) is 34.5 Å². The molecule has 1 aliphatic carbocycles. The summed E-state index contributed by atoms with van der Waals surface area (Å²) in [4.78, 5) is 15.4. The Morgan fingerprint density at radius 3 is 2.23 bits per heavy atom. The maximum Gasteiger partial charge on any atom is 0.433 e. The predicted octanol–water partition coefficient (Wildman–Crippen LogP) is 4.99. The number of alkyl carbamates (subject to hydrolysis) is 1. The molecule has 0 spiro atoms. The minimum Gasteiger partial charge on any atom is -0.449 e. The number of pyridine rings is 1. The third-order valence-corrected chi connectivity index (χ3v) is 4.95. The first kappa shape index (κ1) is 20.5. The molecule has 3 aromatic rings. The number of carbonyl (C=O) groups excluding carboxylic acids is 1. The first-order valence-electron chi connectivity index (χ1n) is 9.54. The number of nitrogens with zero attached hydrogens (tertiary/aromatic N) is 1. The summed E-state index contributed by atoms with van der Waals surface area (Å²) in [7, 11) is 0. The molecule has 2 aromatic carbocycles. The van der Waals surface area contributed by atoms with E-state index < -0.39 is 18.0 Å². The molecule has 156 valence electrons. The molecule has 1 amide bonds. The quantitative estimate of drug-likeness (QED) is 0.605. The van der Waals surface area contributed by atoms with Gasteiger partial charge in [-0.2, -0.15) is 13.2 Å². The van der Waals surface area contributed by atoms with Crippen LogP contribution in [0.2, 0.25) is 0 Å². The highest BCUT2D eigenvalue weighted by Gasteiger charge is 2.32. The molecule has 0 atom stereocenters. The Morgan fingerprint density at radius 2 is 1.65 bits per heavy atom. The first-order chi connectivity index (χ1) is 14.9. The van der Waals surface area contributed by atoms with Crippen LogP contribution in [0.3, 0.4) is 0 Å².